The molecule has 0 aliphatic rings. The van der Waals surface area contributed by atoms with Gasteiger partial charge in [-0.15, -0.1) is 0 Å². The molecule has 0 aliphatic carbocycles. The Hall–Kier alpha value is -2.76. The molecule has 94 valence electrons. The maximum Gasteiger partial charge on any atom is 0.231 e. The van der Waals surface area contributed by atoms with Crippen molar-refractivity contribution in [2.45, 2.75) is 6.42 Å². The molecule has 0 radical (unpaired) electrons. The van der Waals surface area contributed by atoms with Gasteiger partial charge in [0.05, 0.1) is 6.42 Å². The Kier molecular flexibility index (Phi) is 2.89. The van der Waals surface area contributed by atoms with Crippen LogP contribution in [0.2, 0.25) is 0 Å². The summed E-state index contributed by atoms with van der Waals surface area (Å²) in [5.41, 5.74) is 1.60. The van der Waals surface area contributed by atoms with E-state index in [-0.39, 0.29) is 5.75 Å². The second kappa shape index (κ2) is 4.85. The summed E-state index contributed by atoms with van der Waals surface area (Å²) in [6.45, 7) is 0. The highest BCUT2D eigenvalue weighted by atomic mass is 16.5. The molecule has 0 amide bonds. The summed E-state index contributed by atoms with van der Waals surface area (Å²) in [5.74, 6) is 1.17. The van der Waals surface area contributed by atoms with E-state index in [0.29, 0.717) is 23.8 Å². The average Bonchev–Trinajstić information content (AvgIpc) is 2.91. The van der Waals surface area contributed by atoms with Gasteiger partial charge in [-0.3, -0.25) is 0 Å². The van der Waals surface area contributed by atoms with Crippen molar-refractivity contribution in [2.75, 3.05) is 0 Å². The van der Waals surface area contributed by atoms with Crippen LogP contribution in [-0.4, -0.2) is 25.2 Å². The van der Waals surface area contributed by atoms with Gasteiger partial charge in [-0.05, 0) is 23.8 Å². The molecule has 6 nitrogen and oxygen atoms in total. The smallest absolute Gasteiger partial charge is 0.231 e. The normalized spacial score (nSPS) is 10.5. The second-order valence-electron chi connectivity index (χ2n) is 3.95. The first-order chi connectivity index (χ1) is 9.31. The van der Waals surface area contributed by atoms with Gasteiger partial charge in [-0.25, -0.2) is 9.97 Å². The molecule has 0 atom stereocenters. The fourth-order valence-electron chi connectivity index (χ4n) is 1.64. The van der Waals surface area contributed by atoms with Crippen molar-refractivity contribution in [3.05, 3.63) is 54.3 Å². The number of aromatic nitrogens is 4. The van der Waals surface area contributed by atoms with Crippen molar-refractivity contribution in [2.24, 2.45) is 0 Å². The molecule has 3 rings (SSSR count). The first kappa shape index (κ1) is 11.3. The lowest BCUT2D eigenvalue weighted by Gasteiger charge is -1.96. The van der Waals surface area contributed by atoms with Crippen LogP contribution in [0.5, 0.6) is 5.75 Å². The Bertz CT molecular complexity index is 665. The largest absolute Gasteiger partial charge is 0.508 e. The molecular formula is C13H10N4O2. The van der Waals surface area contributed by atoms with E-state index in [1.165, 1.54) is 6.33 Å². The minimum atomic E-state index is 0.232. The number of benzene rings is 1. The summed E-state index contributed by atoms with van der Waals surface area (Å²) in [4.78, 5) is 12.2. The Morgan fingerprint density at radius 1 is 1.11 bits per heavy atom. The maximum absolute atomic E-state index is 9.21. The van der Waals surface area contributed by atoms with E-state index in [4.69, 9.17) is 4.52 Å². The summed E-state index contributed by atoms with van der Waals surface area (Å²) in [6.07, 6.45) is 3.57. The molecule has 0 saturated heterocycles. The Balaban J connectivity index is 1.80. The summed E-state index contributed by atoms with van der Waals surface area (Å²) in [5, 5.41) is 13.1. The maximum atomic E-state index is 9.21. The van der Waals surface area contributed by atoms with Crippen LogP contribution in [-0.2, 0) is 6.42 Å². The van der Waals surface area contributed by atoms with Gasteiger partial charge >= 0.3 is 0 Å². The molecular weight excluding hydrogens is 244 g/mol. The topological polar surface area (TPSA) is 84.9 Å². The van der Waals surface area contributed by atoms with E-state index in [9.17, 15) is 5.11 Å². The molecule has 0 saturated carbocycles. The van der Waals surface area contributed by atoms with Crippen LogP contribution in [0.1, 0.15) is 11.5 Å². The number of hydrogen-bond donors (Lipinski definition) is 1. The molecule has 2 heterocycles. The van der Waals surface area contributed by atoms with Crippen molar-refractivity contribution in [3.8, 4) is 17.3 Å². The van der Waals surface area contributed by atoms with Gasteiger partial charge in [-0.1, -0.05) is 17.3 Å². The van der Waals surface area contributed by atoms with Crippen LogP contribution >= 0.6 is 0 Å². The summed E-state index contributed by atoms with van der Waals surface area (Å²) in [6, 6.07) is 8.58. The predicted molar refractivity (Wildman–Crippen MR) is 66.2 cm³/mol. The highest BCUT2D eigenvalue weighted by Crippen LogP contribution is 2.15. The Morgan fingerprint density at radius 3 is 2.68 bits per heavy atom. The number of rotatable bonds is 3. The molecule has 2 aromatic heterocycles. The van der Waals surface area contributed by atoms with Gasteiger partial charge in [-0.2, -0.15) is 4.98 Å². The van der Waals surface area contributed by atoms with Crippen LogP contribution in [0.4, 0.5) is 0 Å². The van der Waals surface area contributed by atoms with Gasteiger partial charge in [0.25, 0.3) is 0 Å². The molecule has 6 heteroatoms. The zero-order valence-electron chi connectivity index (χ0n) is 9.89. The first-order valence-corrected chi connectivity index (χ1v) is 5.68. The van der Waals surface area contributed by atoms with Gasteiger partial charge in [0.1, 0.15) is 17.8 Å². The third-order valence-corrected chi connectivity index (χ3v) is 2.57. The molecule has 3 aromatic rings. The lowest BCUT2D eigenvalue weighted by molar-refractivity contribution is 0.385. The van der Waals surface area contributed by atoms with Crippen LogP contribution in [0.25, 0.3) is 11.5 Å². The van der Waals surface area contributed by atoms with E-state index in [1.807, 2.05) is 12.1 Å². The van der Waals surface area contributed by atoms with Crippen molar-refractivity contribution in [3.63, 3.8) is 0 Å². The van der Waals surface area contributed by atoms with Crippen LogP contribution in [0.15, 0.2) is 47.4 Å². The molecule has 0 unspecified atom stereocenters. The molecule has 1 N–H and O–H groups in total. The minimum Gasteiger partial charge on any atom is -0.508 e. The number of hydrogen-bond acceptors (Lipinski definition) is 6. The summed E-state index contributed by atoms with van der Waals surface area (Å²) in [7, 11) is 0. The van der Waals surface area contributed by atoms with E-state index in [2.05, 4.69) is 20.1 Å². The first-order valence-electron chi connectivity index (χ1n) is 5.68. The minimum absolute atomic E-state index is 0.232. The molecule has 19 heavy (non-hydrogen) atoms. The van der Waals surface area contributed by atoms with Gasteiger partial charge < -0.3 is 9.63 Å². The molecule has 1 aromatic carbocycles. The van der Waals surface area contributed by atoms with Crippen molar-refractivity contribution >= 4 is 0 Å². The van der Waals surface area contributed by atoms with Crippen LogP contribution in [0.3, 0.4) is 0 Å². The summed E-state index contributed by atoms with van der Waals surface area (Å²) < 4.78 is 5.17. The Labute approximate surface area is 108 Å². The number of phenols is 1. The summed E-state index contributed by atoms with van der Waals surface area (Å²) >= 11 is 0. The number of nitrogens with zero attached hydrogens (tertiary/aromatic N) is 4. The van der Waals surface area contributed by atoms with E-state index in [0.717, 1.165) is 5.56 Å². The SMILES string of the molecule is Oc1ccc(Cc2nc(-c3ccncn3)no2)cc1. The monoisotopic (exact) mass is 254 g/mol. The fourth-order valence-corrected chi connectivity index (χ4v) is 1.64. The second-order valence-corrected chi connectivity index (χ2v) is 3.95. The zero-order valence-corrected chi connectivity index (χ0v) is 9.89. The third kappa shape index (κ3) is 2.57. The number of phenolic OH excluding ortho intramolecular Hbond substituents is 1. The fraction of sp³-hybridized carbons (Fsp3) is 0.0769. The van der Waals surface area contributed by atoms with Gasteiger partial charge in [0, 0.05) is 6.20 Å². The van der Waals surface area contributed by atoms with Crippen molar-refractivity contribution < 1.29 is 9.63 Å². The third-order valence-electron chi connectivity index (χ3n) is 2.57. The lowest BCUT2D eigenvalue weighted by Crippen LogP contribution is -1.89. The molecule has 0 aliphatic heterocycles. The molecule has 0 fully saturated rings. The highest BCUT2D eigenvalue weighted by molar-refractivity contribution is 5.46. The van der Waals surface area contributed by atoms with E-state index in [1.54, 1.807) is 24.4 Å². The van der Waals surface area contributed by atoms with Crippen molar-refractivity contribution in [1.82, 2.24) is 20.1 Å². The van der Waals surface area contributed by atoms with Gasteiger partial charge in [0.15, 0.2) is 0 Å². The van der Waals surface area contributed by atoms with Crippen LogP contribution in [0, 0.1) is 0 Å². The molecule has 0 spiro atoms. The standard InChI is InChI=1S/C13H10N4O2/c18-10-3-1-9(2-4-10)7-12-16-13(17-19-12)11-5-6-14-8-15-11/h1-6,8,18H,7H2. The van der Waals surface area contributed by atoms with Crippen LogP contribution < -0.4 is 0 Å². The lowest BCUT2D eigenvalue weighted by atomic mass is 10.1. The predicted octanol–water partition coefficient (Wildman–Crippen LogP) is 1.82. The van der Waals surface area contributed by atoms with Crippen molar-refractivity contribution in [1.29, 1.82) is 0 Å². The van der Waals surface area contributed by atoms with Gasteiger partial charge in [0.2, 0.25) is 11.7 Å². The molecule has 0 bridgehead atoms. The quantitative estimate of drug-likeness (QED) is 0.767. The Morgan fingerprint density at radius 2 is 1.95 bits per heavy atom. The zero-order chi connectivity index (χ0) is 13.1. The number of aromatic hydroxyl groups is 1. The average molecular weight is 254 g/mol. The van der Waals surface area contributed by atoms with E-state index < -0.39 is 0 Å². The highest BCUT2D eigenvalue weighted by Gasteiger charge is 2.09. The van der Waals surface area contributed by atoms with E-state index >= 15 is 0 Å².